The van der Waals surface area contributed by atoms with Gasteiger partial charge in [-0.05, 0) is 48.5 Å². The van der Waals surface area contributed by atoms with E-state index in [4.69, 9.17) is 5.11 Å². The fraction of sp³-hybridized carbons (Fsp3) is 0.300. The molecule has 0 saturated carbocycles. The first kappa shape index (κ1) is 18.7. The number of aliphatic carboxylic acids is 1. The first-order valence-electron chi connectivity index (χ1n) is 8.88. The number of hydrogen-bond donors (Lipinski definition) is 2. The van der Waals surface area contributed by atoms with E-state index in [0.717, 1.165) is 37.6 Å². The fourth-order valence-corrected chi connectivity index (χ4v) is 3.07. The number of amides is 1. The lowest BCUT2D eigenvalue weighted by molar-refractivity contribution is -0.138. The van der Waals surface area contributed by atoms with E-state index in [1.165, 1.54) is 12.1 Å². The molecule has 1 aliphatic rings. The van der Waals surface area contributed by atoms with Crippen LogP contribution in [-0.2, 0) is 9.59 Å². The molecular formula is C20H22FN3O3. The molecule has 142 valence electrons. The quantitative estimate of drug-likeness (QED) is 0.817. The van der Waals surface area contributed by atoms with Crippen molar-refractivity contribution in [3.05, 3.63) is 54.3 Å². The van der Waals surface area contributed by atoms with Crippen molar-refractivity contribution in [2.75, 3.05) is 41.3 Å². The van der Waals surface area contributed by atoms with E-state index in [2.05, 4.69) is 15.1 Å². The molecule has 2 N–H and O–H groups in total. The number of carboxylic acids is 1. The van der Waals surface area contributed by atoms with Gasteiger partial charge < -0.3 is 20.2 Å². The van der Waals surface area contributed by atoms with Crippen molar-refractivity contribution in [3.8, 4) is 0 Å². The monoisotopic (exact) mass is 371 g/mol. The summed E-state index contributed by atoms with van der Waals surface area (Å²) < 4.78 is 13.0. The van der Waals surface area contributed by atoms with Crippen molar-refractivity contribution in [2.45, 2.75) is 12.8 Å². The summed E-state index contributed by atoms with van der Waals surface area (Å²) in [4.78, 5) is 26.7. The Balaban J connectivity index is 1.52. The number of carbonyl (C=O) groups is 2. The Kier molecular flexibility index (Phi) is 5.90. The molecule has 0 spiro atoms. The minimum atomic E-state index is -0.986. The zero-order chi connectivity index (χ0) is 19.2. The highest BCUT2D eigenvalue weighted by Crippen LogP contribution is 2.22. The third-order valence-electron chi connectivity index (χ3n) is 4.55. The van der Waals surface area contributed by atoms with E-state index in [-0.39, 0.29) is 24.6 Å². The van der Waals surface area contributed by atoms with Crippen LogP contribution in [0.2, 0.25) is 0 Å². The molecule has 2 aromatic rings. The molecule has 1 fully saturated rings. The van der Waals surface area contributed by atoms with Gasteiger partial charge in [-0.3, -0.25) is 9.59 Å². The minimum absolute atomic E-state index is 0.0393. The lowest BCUT2D eigenvalue weighted by atomic mass is 10.2. The molecule has 1 amide bonds. The van der Waals surface area contributed by atoms with Crippen LogP contribution in [0.25, 0.3) is 0 Å². The number of hydrogen-bond acceptors (Lipinski definition) is 4. The molecule has 6 nitrogen and oxygen atoms in total. The van der Waals surface area contributed by atoms with Crippen molar-refractivity contribution in [2.24, 2.45) is 0 Å². The molecule has 0 bridgehead atoms. The predicted molar refractivity (Wildman–Crippen MR) is 103 cm³/mol. The van der Waals surface area contributed by atoms with Crippen molar-refractivity contribution in [1.82, 2.24) is 0 Å². The average Bonchev–Trinajstić information content (AvgIpc) is 2.68. The number of nitrogens with zero attached hydrogens (tertiary/aromatic N) is 2. The summed E-state index contributed by atoms with van der Waals surface area (Å²) in [6, 6.07) is 14.1. The van der Waals surface area contributed by atoms with Gasteiger partial charge in [0.15, 0.2) is 0 Å². The molecule has 0 aromatic heterocycles. The Hall–Kier alpha value is -3.09. The highest BCUT2D eigenvalue weighted by atomic mass is 19.1. The molecule has 1 aliphatic heterocycles. The predicted octanol–water partition coefficient (Wildman–Crippen LogP) is 2.96. The summed E-state index contributed by atoms with van der Waals surface area (Å²) in [6.45, 7) is 3.39. The average molecular weight is 371 g/mol. The first-order chi connectivity index (χ1) is 13.0. The van der Waals surface area contributed by atoms with Crippen LogP contribution < -0.4 is 15.1 Å². The molecule has 0 aliphatic carbocycles. The maximum absolute atomic E-state index is 13.0. The zero-order valence-corrected chi connectivity index (χ0v) is 14.9. The lowest BCUT2D eigenvalue weighted by Crippen LogP contribution is -2.46. The van der Waals surface area contributed by atoms with Crippen LogP contribution in [-0.4, -0.2) is 43.2 Å². The Bertz CT molecular complexity index is 785. The molecule has 2 aromatic carbocycles. The van der Waals surface area contributed by atoms with Gasteiger partial charge in [-0.25, -0.2) is 4.39 Å². The van der Waals surface area contributed by atoms with E-state index < -0.39 is 5.97 Å². The van der Waals surface area contributed by atoms with Gasteiger partial charge in [0.25, 0.3) is 0 Å². The molecule has 0 unspecified atom stereocenters. The van der Waals surface area contributed by atoms with E-state index >= 15 is 0 Å². The number of benzene rings is 2. The third kappa shape index (κ3) is 5.20. The van der Waals surface area contributed by atoms with Crippen molar-refractivity contribution >= 4 is 28.9 Å². The smallest absolute Gasteiger partial charge is 0.303 e. The number of piperazine rings is 1. The van der Waals surface area contributed by atoms with Gasteiger partial charge in [-0.2, -0.15) is 0 Å². The van der Waals surface area contributed by atoms with Crippen LogP contribution >= 0.6 is 0 Å². The van der Waals surface area contributed by atoms with E-state index in [1.807, 2.05) is 24.3 Å². The van der Waals surface area contributed by atoms with E-state index in [0.29, 0.717) is 5.69 Å². The van der Waals surface area contributed by atoms with Crippen molar-refractivity contribution in [3.63, 3.8) is 0 Å². The number of nitrogens with one attached hydrogen (secondary N) is 1. The minimum Gasteiger partial charge on any atom is -0.481 e. The van der Waals surface area contributed by atoms with Crippen LogP contribution in [0, 0.1) is 5.82 Å². The summed E-state index contributed by atoms with van der Waals surface area (Å²) in [5, 5.41) is 11.3. The molecule has 0 atom stereocenters. The van der Waals surface area contributed by atoms with Gasteiger partial charge >= 0.3 is 5.97 Å². The van der Waals surface area contributed by atoms with Crippen LogP contribution in [0.5, 0.6) is 0 Å². The number of carbonyl (C=O) groups excluding carboxylic acids is 1. The number of anilines is 3. The number of carboxylic acid groups (broad SMARTS) is 1. The molecule has 7 heteroatoms. The second-order valence-electron chi connectivity index (χ2n) is 6.44. The summed E-state index contributed by atoms with van der Waals surface area (Å²) in [7, 11) is 0. The fourth-order valence-electron chi connectivity index (χ4n) is 3.07. The summed E-state index contributed by atoms with van der Waals surface area (Å²) >= 11 is 0. The highest BCUT2D eigenvalue weighted by molar-refractivity contribution is 5.92. The molecule has 3 rings (SSSR count). The number of halogens is 1. The molecule has 27 heavy (non-hydrogen) atoms. The van der Waals surface area contributed by atoms with Gasteiger partial charge in [0.2, 0.25) is 5.91 Å². The van der Waals surface area contributed by atoms with Gasteiger partial charge in [0.05, 0.1) is 6.42 Å². The zero-order valence-electron chi connectivity index (χ0n) is 14.9. The Morgan fingerprint density at radius 2 is 1.33 bits per heavy atom. The highest BCUT2D eigenvalue weighted by Gasteiger charge is 2.17. The summed E-state index contributed by atoms with van der Waals surface area (Å²) in [6.07, 6.45) is -0.218. The molecule has 0 radical (unpaired) electrons. The van der Waals surface area contributed by atoms with Crippen LogP contribution in [0.3, 0.4) is 0 Å². The van der Waals surface area contributed by atoms with Crippen LogP contribution in [0.1, 0.15) is 12.8 Å². The third-order valence-corrected chi connectivity index (χ3v) is 4.55. The van der Waals surface area contributed by atoms with Gasteiger partial charge in [-0.15, -0.1) is 0 Å². The molecular weight excluding hydrogens is 349 g/mol. The van der Waals surface area contributed by atoms with Gasteiger partial charge in [0, 0.05) is 49.7 Å². The Morgan fingerprint density at radius 3 is 1.81 bits per heavy atom. The SMILES string of the molecule is O=C(O)CCC(=O)Nc1ccc(N2CCN(c3ccc(F)cc3)CC2)cc1. The maximum atomic E-state index is 13.0. The number of rotatable bonds is 6. The van der Waals surface area contributed by atoms with E-state index in [1.54, 1.807) is 12.1 Å². The maximum Gasteiger partial charge on any atom is 0.303 e. The summed E-state index contributed by atoms with van der Waals surface area (Å²) in [5.41, 5.74) is 2.74. The second-order valence-corrected chi connectivity index (χ2v) is 6.44. The van der Waals surface area contributed by atoms with Crippen LogP contribution in [0.15, 0.2) is 48.5 Å². The Labute approximate surface area is 157 Å². The standard InChI is InChI=1S/C20H22FN3O3/c21-15-1-5-17(6-2-15)23-11-13-24(14-12-23)18-7-3-16(4-8-18)22-19(25)9-10-20(26)27/h1-8H,9-14H2,(H,22,25)(H,26,27). The second kappa shape index (κ2) is 8.53. The van der Waals surface area contributed by atoms with E-state index in [9.17, 15) is 14.0 Å². The summed E-state index contributed by atoms with van der Waals surface area (Å²) in [5.74, 6) is -1.52. The first-order valence-corrected chi connectivity index (χ1v) is 8.88. The Morgan fingerprint density at radius 1 is 0.852 bits per heavy atom. The van der Waals surface area contributed by atoms with Crippen molar-refractivity contribution in [1.29, 1.82) is 0 Å². The van der Waals surface area contributed by atoms with Gasteiger partial charge in [-0.1, -0.05) is 0 Å². The lowest BCUT2D eigenvalue weighted by Gasteiger charge is -2.37. The van der Waals surface area contributed by atoms with Gasteiger partial charge in [0.1, 0.15) is 5.82 Å². The molecule has 1 saturated heterocycles. The topological polar surface area (TPSA) is 72.9 Å². The normalized spacial score (nSPS) is 14.1. The van der Waals surface area contributed by atoms with Crippen molar-refractivity contribution < 1.29 is 19.1 Å². The van der Waals surface area contributed by atoms with Crippen LogP contribution in [0.4, 0.5) is 21.5 Å². The largest absolute Gasteiger partial charge is 0.481 e. The molecule has 1 heterocycles.